The van der Waals surface area contributed by atoms with Gasteiger partial charge in [0.2, 0.25) is 0 Å². The van der Waals surface area contributed by atoms with Crippen molar-refractivity contribution >= 4 is 22.9 Å². The van der Waals surface area contributed by atoms with Gasteiger partial charge in [0, 0.05) is 27.0 Å². The third-order valence-corrected chi connectivity index (χ3v) is 4.96. The molecule has 8 heteroatoms. The first-order chi connectivity index (χ1) is 12.0. The highest BCUT2D eigenvalue weighted by atomic mass is 32.2. The molecule has 3 rings (SSSR count). The van der Waals surface area contributed by atoms with Crippen molar-refractivity contribution in [3.63, 3.8) is 0 Å². The predicted octanol–water partition coefficient (Wildman–Crippen LogP) is 1.22. The second kappa shape index (κ2) is 7.28. The van der Waals surface area contributed by atoms with Gasteiger partial charge >= 0.3 is 5.69 Å². The zero-order chi connectivity index (χ0) is 18.0. The Labute approximate surface area is 148 Å². The molecule has 0 amide bonds. The van der Waals surface area contributed by atoms with Gasteiger partial charge in [-0.05, 0) is 5.56 Å². The zero-order valence-corrected chi connectivity index (χ0v) is 15.2. The van der Waals surface area contributed by atoms with Crippen LogP contribution >= 0.6 is 11.8 Å². The number of rotatable bonds is 6. The fourth-order valence-electron chi connectivity index (χ4n) is 2.67. The fourth-order valence-corrected chi connectivity index (χ4v) is 3.56. The molecule has 0 aliphatic rings. The monoisotopic (exact) mass is 360 g/mol. The van der Waals surface area contributed by atoms with Gasteiger partial charge in [-0.1, -0.05) is 42.1 Å². The summed E-state index contributed by atoms with van der Waals surface area (Å²) >= 11 is 1.51. The molecule has 1 aromatic carbocycles. The van der Waals surface area contributed by atoms with Crippen LogP contribution in [0.25, 0.3) is 11.2 Å². The van der Waals surface area contributed by atoms with Gasteiger partial charge in [-0.3, -0.25) is 13.9 Å². The minimum absolute atomic E-state index is 0.333. The van der Waals surface area contributed by atoms with Gasteiger partial charge in [0.25, 0.3) is 5.56 Å². The van der Waals surface area contributed by atoms with Crippen molar-refractivity contribution in [2.45, 2.75) is 11.7 Å². The summed E-state index contributed by atoms with van der Waals surface area (Å²) < 4.78 is 9.52. The minimum atomic E-state index is -0.379. The van der Waals surface area contributed by atoms with Crippen molar-refractivity contribution in [1.82, 2.24) is 18.7 Å². The molecule has 0 saturated carbocycles. The largest absolute Gasteiger partial charge is 0.384 e. The molecule has 0 N–H and O–H groups in total. The number of nitrogens with zero attached hydrogens (tertiary/aromatic N) is 4. The van der Waals surface area contributed by atoms with Crippen LogP contribution in [0.3, 0.4) is 0 Å². The number of methoxy groups -OCH3 is 1. The molecule has 0 fully saturated rings. The van der Waals surface area contributed by atoms with E-state index in [2.05, 4.69) is 4.98 Å². The number of benzene rings is 1. The normalized spacial score (nSPS) is 11.3. The second-order valence-electron chi connectivity index (χ2n) is 5.69. The van der Waals surface area contributed by atoms with E-state index in [0.717, 1.165) is 10.1 Å². The third-order valence-electron chi connectivity index (χ3n) is 4.02. The van der Waals surface area contributed by atoms with Crippen molar-refractivity contribution in [3.8, 4) is 0 Å². The number of hydrogen-bond donors (Lipinski definition) is 0. The first-order valence-corrected chi connectivity index (χ1v) is 8.85. The van der Waals surface area contributed by atoms with Crippen LogP contribution in [0.5, 0.6) is 0 Å². The van der Waals surface area contributed by atoms with E-state index in [1.165, 1.54) is 23.4 Å². The van der Waals surface area contributed by atoms with Crippen molar-refractivity contribution < 1.29 is 4.74 Å². The molecular formula is C17H20N4O3S. The number of aromatic nitrogens is 4. The van der Waals surface area contributed by atoms with Crippen LogP contribution in [-0.4, -0.2) is 38.2 Å². The van der Waals surface area contributed by atoms with Gasteiger partial charge in [0.1, 0.15) is 0 Å². The molecule has 0 unspecified atom stereocenters. The molecule has 3 aromatic rings. The highest BCUT2D eigenvalue weighted by molar-refractivity contribution is 7.99. The van der Waals surface area contributed by atoms with Gasteiger partial charge in [-0.2, -0.15) is 0 Å². The van der Waals surface area contributed by atoms with E-state index in [1.54, 1.807) is 14.2 Å². The van der Waals surface area contributed by atoms with Crippen LogP contribution in [0.15, 0.2) is 45.1 Å². The Morgan fingerprint density at radius 2 is 1.84 bits per heavy atom. The number of imidazole rings is 1. The molecule has 0 saturated heterocycles. The molecule has 7 nitrogen and oxygen atoms in total. The van der Waals surface area contributed by atoms with E-state index >= 15 is 0 Å². The average molecular weight is 360 g/mol. The molecule has 0 aliphatic carbocycles. The summed E-state index contributed by atoms with van der Waals surface area (Å²) in [6.45, 7) is 1.09. The molecule has 0 radical (unpaired) electrons. The highest BCUT2D eigenvalue weighted by Gasteiger charge is 2.19. The molecule has 2 aromatic heterocycles. The Bertz CT molecular complexity index is 1000. The van der Waals surface area contributed by atoms with E-state index in [-0.39, 0.29) is 11.2 Å². The quantitative estimate of drug-likeness (QED) is 0.488. The summed E-state index contributed by atoms with van der Waals surface area (Å²) in [6, 6.07) is 9.87. The molecule has 132 valence electrons. The van der Waals surface area contributed by atoms with Crippen LogP contribution in [-0.2, 0) is 25.4 Å². The van der Waals surface area contributed by atoms with Gasteiger partial charge in [-0.15, -0.1) is 0 Å². The Morgan fingerprint density at radius 1 is 1.12 bits per heavy atom. The fraction of sp³-hybridized carbons (Fsp3) is 0.353. The third kappa shape index (κ3) is 3.27. The first-order valence-electron chi connectivity index (χ1n) is 7.86. The number of aryl methyl sites for hydroxylation is 1. The van der Waals surface area contributed by atoms with Crippen LogP contribution in [0.2, 0.25) is 0 Å². The number of ether oxygens (including phenoxy) is 1. The molecule has 0 bridgehead atoms. The predicted molar refractivity (Wildman–Crippen MR) is 98.4 cm³/mol. The number of hydrogen-bond acceptors (Lipinski definition) is 5. The SMILES string of the molecule is COCCSc1nc2c(c(=O)n(C)c(=O)n2C)n1Cc1ccccc1. The Morgan fingerprint density at radius 3 is 2.52 bits per heavy atom. The number of fused-ring (bicyclic) bond motifs is 1. The van der Waals surface area contributed by atoms with E-state index < -0.39 is 0 Å². The van der Waals surface area contributed by atoms with Gasteiger partial charge < -0.3 is 9.30 Å². The highest BCUT2D eigenvalue weighted by Crippen LogP contribution is 2.22. The van der Waals surface area contributed by atoms with E-state index in [4.69, 9.17) is 4.74 Å². The maximum atomic E-state index is 12.7. The van der Waals surface area contributed by atoms with Crippen LogP contribution in [0, 0.1) is 0 Å². The van der Waals surface area contributed by atoms with Crippen molar-refractivity contribution in [1.29, 1.82) is 0 Å². The minimum Gasteiger partial charge on any atom is -0.384 e. The van der Waals surface area contributed by atoms with Crippen LogP contribution < -0.4 is 11.2 Å². The van der Waals surface area contributed by atoms with Crippen molar-refractivity contribution in [3.05, 3.63) is 56.7 Å². The summed E-state index contributed by atoms with van der Waals surface area (Å²) in [5, 5.41) is 0.703. The maximum Gasteiger partial charge on any atom is 0.332 e. The summed E-state index contributed by atoms with van der Waals surface area (Å²) in [5.74, 6) is 0.711. The molecule has 2 heterocycles. The van der Waals surface area contributed by atoms with Gasteiger partial charge in [-0.25, -0.2) is 9.78 Å². The average Bonchev–Trinajstić information content (AvgIpc) is 2.98. The first kappa shape index (κ1) is 17.5. The van der Waals surface area contributed by atoms with E-state index in [1.807, 2.05) is 34.9 Å². The Balaban J connectivity index is 2.20. The maximum absolute atomic E-state index is 12.7. The molecule has 0 aliphatic heterocycles. The second-order valence-corrected chi connectivity index (χ2v) is 6.75. The van der Waals surface area contributed by atoms with E-state index in [0.29, 0.717) is 35.2 Å². The smallest absolute Gasteiger partial charge is 0.332 e. The van der Waals surface area contributed by atoms with Crippen molar-refractivity contribution in [2.75, 3.05) is 19.5 Å². The molecule has 25 heavy (non-hydrogen) atoms. The molecular weight excluding hydrogens is 340 g/mol. The lowest BCUT2D eigenvalue weighted by molar-refractivity contribution is 0.218. The Hall–Kier alpha value is -2.32. The summed E-state index contributed by atoms with van der Waals surface area (Å²) in [5.41, 5.74) is 1.19. The van der Waals surface area contributed by atoms with Crippen LogP contribution in [0.4, 0.5) is 0 Å². The lowest BCUT2D eigenvalue weighted by atomic mass is 10.2. The summed E-state index contributed by atoms with van der Waals surface area (Å²) in [4.78, 5) is 29.5. The Kier molecular flexibility index (Phi) is 5.10. The van der Waals surface area contributed by atoms with Crippen molar-refractivity contribution in [2.24, 2.45) is 14.1 Å². The zero-order valence-electron chi connectivity index (χ0n) is 14.4. The topological polar surface area (TPSA) is 71.1 Å². The lowest BCUT2D eigenvalue weighted by Crippen LogP contribution is -2.37. The van der Waals surface area contributed by atoms with E-state index in [9.17, 15) is 9.59 Å². The molecule has 0 atom stereocenters. The number of thioether (sulfide) groups is 1. The summed E-state index contributed by atoms with van der Waals surface area (Å²) in [6.07, 6.45) is 0. The molecule has 0 spiro atoms. The van der Waals surface area contributed by atoms with Crippen LogP contribution in [0.1, 0.15) is 5.56 Å². The van der Waals surface area contributed by atoms with Gasteiger partial charge in [0.05, 0.1) is 13.2 Å². The van der Waals surface area contributed by atoms with Gasteiger partial charge in [0.15, 0.2) is 16.3 Å². The summed E-state index contributed by atoms with van der Waals surface area (Å²) in [7, 11) is 4.77. The standard InChI is InChI=1S/C17H20N4O3S/c1-19-14-13(15(22)20(2)17(19)23)21(11-12-7-5-4-6-8-12)16(18-14)25-10-9-24-3/h4-8H,9-11H2,1-3H3. The lowest BCUT2D eigenvalue weighted by Gasteiger charge is -2.09.